The van der Waals surface area contributed by atoms with E-state index in [1.165, 1.54) is 15.9 Å². The Morgan fingerprint density at radius 2 is 1.39 bits per heavy atom. The first-order valence-electron chi connectivity index (χ1n) is 11.8. The van der Waals surface area contributed by atoms with Crippen molar-refractivity contribution in [1.29, 1.82) is 0 Å². The molecule has 0 heterocycles. The lowest BCUT2D eigenvalue weighted by molar-refractivity contribution is -0.129. The number of ketones is 1. The molecule has 2 aromatic rings. The van der Waals surface area contributed by atoms with Crippen molar-refractivity contribution < 1.29 is 4.79 Å². The lowest BCUT2D eigenvalue weighted by Gasteiger charge is -2.48. The molecule has 0 aliphatic heterocycles. The molecule has 0 aromatic heterocycles. The number of carbonyl (C=O) groups excluding carboxylic acids is 1. The van der Waals surface area contributed by atoms with E-state index >= 15 is 0 Å². The van der Waals surface area contributed by atoms with E-state index < -0.39 is 8.07 Å². The second-order valence-corrected chi connectivity index (χ2v) is 16.1. The Hall–Kier alpha value is -1.93. The fraction of sp³-hybridized carbons (Fsp3) is 0.483. The number of benzene rings is 2. The van der Waals surface area contributed by atoms with Crippen LogP contribution >= 0.6 is 0 Å². The van der Waals surface area contributed by atoms with E-state index in [-0.39, 0.29) is 16.4 Å². The van der Waals surface area contributed by atoms with E-state index in [9.17, 15) is 4.79 Å². The van der Waals surface area contributed by atoms with Crippen molar-refractivity contribution in [3.63, 3.8) is 0 Å². The molecular weight excluding hydrogens is 392 g/mol. The fourth-order valence-electron chi connectivity index (χ4n) is 5.70. The van der Waals surface area contributed by atoms with Gasteiger partial charge in [-0.05, 0) is 35.3 Å². The third-order valence-corrected chi connectivity index (χ3v) is 14.1. The second-order valence-electron chi connectivity index (χ2n) is 11.3. The Morgan fingerprint density at radius 1 is 0.903 bits per heavy atom. The molecular formula is C29H40OSi. The second kappa shape index (κ2) is 8.90. The van der Waals surface area contributed by atoms with Crippen molar-refractivity contribution in [2.24, 2.45) is 17.3 Å². The monoisotopic (exact) mass is 432 g/mol. The number of hydrogen-bond acceptors (Lipinski definition) is 1. The number of hydrogen-bond donors (Lipinski definition) is 0. The van der Waals surface area contributed by atoms with Crippen molar-refractivity contribution in [3.05, 3.63) is 72.8 Å². The first kappa shape index (κ1) is 23.7. The molecule has 0 radical (unpaired) electrons. The number of carbonyl (C=O) groups is 1. The Kier molecular flexibility index (Phi) is 6.81. The molecule has 1 aliphatic carbocycles. The van der Waals surface area contributed by atoms with Gasteiger partial charge in [0.05, 0.1) is 0 Å². The third-order valence-electron chi connectivity index (χ3n) is 7.96. The molecule has 31 heavy (non-hydrogen) atoms. The lowest BCUT2D eigenvalue weighted by Crippen LogP contribution is -2.64. The summed E-state index contributed by atoms with van der Waals surface area (Å²) in [6.45, 7) is 18.6. The maximum Gasteiger partial charge on any atom is 0.137 e. The van der Waals surface area contributed by atoms with E-state index in [2.05, 4.69) is 109 Å². The molecule has 166 valence electrons. The topological polar surface area (TPSA) is 17.1 Å². The van der Waals surface area contributed by atoms with Gasteiger partial charge >= 0.3 is 0 Å². The quantitative estimate of drug-likeness (QED) is 0.369. The molecule has 1 saturated carbocycles. The first-order valence-corrected chi connectivity index (χ1v) is 14.0. The summed E-state index contributed by atoms with van der Waals surface area (Å²) in [6, 6.07) is 23.1. The van der Waals surface area contributed by atoms with E-state index in [1.54, 1.807) is 0 Å². The zero-order valence-electron chi connectivity index (χ0n) is 20.4. The first-order chi connectivity index (χ1) is 14.5. The van der Waals surface area contributed by atoms with Gasteiger partial charge in [0.15, 0.2) is 0 Å². The van der Waals surface area contributed by atoms with Crippen LogP contribution in [0.1, 0.15) is 60.8 Å². The minimum absolute atomic E-state index is 0.0921. The van der Waals surface area contributed by atoms with Crippen LogP contribution in [0.2, 0.25) is 11.1 Å². The smallest absolute Gasteiger partial charge is 0.137 e. The molecule has 2 atom stereocenters. The van der Waals surface area contributed by atoms with Crippen molar-refractivity contribution in [1.82, 2.24) is 0 Å². The van der Waals surface area contributed by atoms with Crippen LogP contribution in [-0.4, -0.2) is 13.9 Å². The SMILES string of the molecule is C=C(C[Si](c1ccccc1)(c1ccccc1)C(C)(C)C)C(C)(C)[C@@H]1CC[C@@H](C)CC1=O. The minimum Gasteiger partial charge on any atom is -0.299 e. The molecule has 2 aromatic carbocycles. The summed E-state index contributed by atoms with van der Waals surface area (Å²) >= 11 is 0. The molecule has 1 nitrogen and oxygen atoms in total. The standard InChI is InChI=1S/C29H40OSi/c1-22-18-19-26(27(30)20-22)29(6,7)23(2)21-31(28(3,4)5,24-14-10-8-11-15-24)25-16-12-9-13-17-25/h8-17,22,26H,2,18-21H2,1,3-7H3/t22-,26-/m1/s1. The van der Waals surface area contributed by atoms with Crippen molar-refractivity contribution in [3.8, 4) is 0 Å². The van der Waals surface area contributed by atoms with Gasteiger partial charge in [0, 0.05) is 12.3 Å². The zero-order valence-corrected chi connectivity index (χ0v) is 21.4. The summed E-state index contributed by atoms with van der Waals surface area (Å²) in [5.74, 6) is 1.05. The summed E-state index contributed by atoms with van der Waals surface area (Å²) in [5.41, 5.74) is 1.05. The van der Waals surface area contributed by atoms with Gasteiger partial charge in [-0.2, -0.15) is 0 Å². The molecule has 0 bridgehead atoms. The number of rotatable bonds is 6. The van der Waals surface area contributed by atoms with Crippen LogP contribution in [0, 0.1) is 17.3 Å². The van der Waals surface area contributed by atoms with Crippen LogP contribution in [-0.2, 0) is 4.79 Å². The van der Waals surface area contributed by atoms with Crippen LogP contribution in [0.4, 0.5) is 0 Å². The molecule has 0 unspecified atom stereocenters. The highest BCUT2D eigenvalue weighted by molar-refractivity contribution is 7.04. The highest BCUT2D eigenvalue weighted by Crippen LogP contribution is 2.48. The predicted molar refractivity (Wildman–Crippen MR) is 137 cm³/mol. The molecule has 2 heteroatoms. The maximum absolute atomic E-state index is 13.0. The van der Waals surface area contributed by atoms with Crippen molar-refractivity contribution in [2.45, 2.75) is 71.9 Å². The van der Waals surface area contributed by atoms with Gasteiger partial charge in [-0.15, -0.1) is 0 Å². The fourth-order valence-corrected chi connectivity index (χ4v) is 11.3. The average Bonchev–Trinajstić information content (AvgIpc) is 2.72. The summed E-state index contributed by atoms with van der Waals surface area (Å²) < 4.78 is 0. The Balaban J connectivity index is 2.09. The number of allylic oxidation sites excluding steroid dienone is 1. The molecule has 1 aliphatic rings. The van der Waals surface area contributed by atoms with E-state index in [0.717, 1.165) is 25.3 Å². The van der Waals surface area contributed by atoms with E-state index in [0.29, 0.717) is 11.7 Å². The summed E-state index contributed by atoms with van der Waals surface area (Å²) in [7, 11) is -2.23. The van der Waals surface area contributed by atoms with E-state index in [1.807, 2.05) is 0 Å². The molecule has 3 rings (SSSR count). The molecule has 0 N–H and O–H groups in total. The lowest BCUT2D eigenvalue weighted by atomic mass is 9.65. The summed E-state index contributed by atoms with van der Waals surface area (Å²) in [4.78, 5) is 13.0. The minimum atomic E-state index is -2.23. The summed E-state index contributed by atoms with van der Waals surface area (Å²) in [5, 5.41) is 3.00. The van der Waals surface area contributed by atoms with Crippen molar-refractivity contribution in [2.75, 3.05) is 0 Å². The van der Waals surface area contributed by atoms with Gasteiger partial charge in [0.2, 0.25) is 0 Å². The van der Waals surface area contributed by atoms with Gasteiger partial charge in [-0.1, -0.05) is 125 Å². The average molecular weight is 433 g/mol. The van der Waals surface area contributed by atoms with Crippen LogP contribution in [0.25, 0.3) is 0 Å². The third kappa shape index (κ3) is 4.50. The Morgan fingerprint density at radius 3 is 1.81 bits per heavy atom. The zero-order chi connectivity index (χ0) is 22.9. The van der Waals surface area contributed by atoms with Gasteiger partial charge in [0.25, 0.3) is 0 Å². The molecule has 0 amide bonds. The molecule has 0 spiro atoms. The Bertz CT molecular complexity index is 865. The molecule has 1 fully saturated rings. The van der Waals surface area contributed by atoms with Crippen molar-refractivity contribution >= 4 is 24.2 Å². The highest BCUT2D eigenvalue weighted by Gasteiger charge is 2.50. The molecule has 0 saturated heterocycles. The normalized spacial score (nSPS) is 20.5. The van der Waals surface area contributed by atoms with Crippen LogP contribution < -0.4 is 10.4 Å². The van der Waals surface area contributed by atoms with Crippen LogP contribution in [0.5, 0.6) is 0 Å². The largest absolute Gasteiger partial charge is 0.299 e. The number of Topliss-reactive ketones (excluding diaryl/α,β-unsaturated/α-hetero) is 1. The predicted octanol–water partition coefficient (Wildman–Crippen LogP) is 6.64. The van der Waals surface area contributed by atoms with Gasteiger partial charge in [-0.25, -0.2) is 0 Å². The van der Waals surface area contributed by atoms with Gasteiger partial charge in [0.1, 0.15) is 13.9 Å². The maximum atomic E-state index is 13.0. The van der Waals surface area contributed by atoms with Crippen LogP contribution in [0.3, 0.4) is 0 Å². The Labute approximate surface area is 191 Å². The van der Waals surface area contributed by atoms with Gasteiger partial charge in [-0.3, -0.25) is 4.79 Å². The van der Waals surface area contributed by atoms with E-state index in [4.69, 9.17) is 0 Å². The highest BCUT2D eigenvalue weighted by atomic mass is 28.3. The van der Waals surface area contributed by atoms with Crippen LogP contribution in [0.15, 0.2) is 72.8 Å². The summed E-state index contributed by atoms with van der Waals surface area (Å²) in [6.07, 6.45) is 2.86. The van der Waals surface area contributed by atoms with Gasteiger partial charge < -0.3 is 0 Å².